The van der Waals surface area contributed by atoms with Crippen LogP contribution >= 0.6 is 0 Å². The summed E-state index contributed by atoms with van der Waals surface area (Å²) in [7, 11) is 0. The Morgan fingerprint density at radius 1 is 1.11 bits per heavy atom. The fourth-order valence-electron chi connectivity index (χ4n) is 4.03. The van der Waals surface area contributed by atoms with Crippen LogP contribution in [0.5, 0.6) is 0 Å². The lowest BCUT2D eigenvalue weighted by atomic mass is 10.0. The first-order chi connectivity index (χ1) is 13.1. The van der Waals surface area contributed by atoms with Crippen molar-refractivity contribution in [3.05, 3.63) is 42.5 Å². The lowest BCUT2D eigenvalue weighted by molar-refractivity contribution is 0.0704. The monoisotopic (exact) mass is 367 g/mol. The Morgan fingerprint density at radius 2 is 1.81 bits per heavy atom. The zero-order chi connectivity index (χ0) is 18.8. The van der Waals surface area contributed by atoms with Crippen molar-refractivity contribution < 1.29 is 4.79 Å². The van der Waals surface area contributed by atoms with E-state index in [0.29, 0.717) is 12.0 Å². The van der Waals surface area contributed by atoms with Crippen LogP contribution < -0.4 is 0 Å². The molecule has 0 radical (unpaired) electrons. The molecule has 27 heavy (non-hydrogen) atoms. The van der Waals surface area contributed by atoms with E-state index in [1.54, 1.807) is 12.7 Å². The highest BCUT2D eigenvalue weighted by molar-refractivity contribution is 5.94. The molecule has 6 nitrogen and oxygen atoms in total. The summed E-state index contributed by atoms with van der Waals surface area (Å²) in [5.41, 5.74) is 1.72. The number of hydrogen-bond donors (Lipinski definition) is 0. The minimum Gasteiger partial charge on any atom is -0.337 e. The van der Waals surface area contributed by atoms with Gasteiger partial charge in [0.15, 0.2) is 0 Å². The highest BCUT2D eigenvalue weighted by Gasteiger charge is 2.33. The average Bonchev–Trinajstić information content (AvgIpc) is 3.38. The van der Waals surface area contributed by atoms with Gasteiger partial charge in [-0.25, -0.2) is 0 Å². The van der Waals surface area contributed by atoms with Gasteiger partial charge in [0.25, 0.3) is 5.91 Å². The van der Waals surface area contributed by atoms with Gasteiger partial charge in [0.1, 0.15) is 12.7 Å². The van der Waals surface area contributed by atoms with Gasteiger partial charge in [0.05, 0.1) is 0 Å². The predicted octanol–water partition coefficient (Wildman–Crippen LogP) is 2.85. The largest absolute Gasteiger partial charge is 0.337 e. The summed E-state index contributed by atoms with van der Waals surface area (Å²) in [6.07, 6.45) is 7.13. The maximum Gasteiger partial charge on any atom is 0.253 e. The standard InChI is InChI=1S/C21H29N5O/c1-16(2)20-13-25(11-3-10-24(20)12-17-4-5-17)21(27)18-6-8-19(9-7-18)26-14-22-23-15-26/h6-9,14-17,20H,3-5,10-13H2,1-2H3. The van der Waals surface area contributed by atoms with Gasteiger partial charge in [0, 0.05) is 43.5 Å². The molecule has 4 rings (SSSR count). The molecule has 1 unspecified atom stereocenters. The van der Waals surface area contributed by atoms with Gasteiger partial charge in [-0.15, -0.1) is 10.2 Å². The van der Waals surface area contributed by atoms with Crippen LogP contribution in [-0.2, 0) is 0 Å². The molecule has 0 bridgehead atoms. The van der Waals surface area contributed by atoms with Crippen molar-refractivity contribution in [2.24, 2.45) is 11.8 Å². The van der Waals surface area contributed by atoms with Gasteiger partial charge in [-0.2, -0.15) is 0 Å². The van der Waals surface area contributed by atoms with Crippen molar-refractivity contribution in [1.82, 2.24) is 24.6 Å². The van der Waals surface area contributed by atoms with E-state index in [-0.39, 0.29) is 5.91 Å². The molecule has 1 saturated heterocycles. The molecule has 144 valence electrons. The van der Waals surface area contributed by atoms with E-state index < -0.39 is 0 Å². The number of aromatic nitrogens is 3. The van der Waals surface area contributed by atoms with Crippen LogP contribution in [0.25, 0.3) is 5.69 Å². The summed E-state index contributed by atoms with van der Waals surface area (Å²) < 4.78 is 1.84. The molecule has 2 fully saturated rings. The third kappa shape index (κ3) is 4.21. The number of hydrogen-bond acceptors (Lipinski definition) is 4. The van der Waals surface area contributed by atoms with Crippen LogP contribution in [0.3, 0.4) is 0 Å². The smallest absolute Gasteiger partial charge is 0.253 e. The number of rotatable bonds is 5. The molecule has 0 spiro atoms. The number of carbonyl (C=O) groups is 1. The predicted molar refractivity (Wildman–Crippen MR) is 105 cm³/mol. The first-order valence-electron chi connectivity index (χ1n) is 10.1. The molecular weight excluding hydrogens is 338 g/mol. The Hall–Kier alpha value is -2.21. The summed E-state index contributed by atoms with van der Waals surface area (Å²) in [6.45, 7) is 8.56. The van der Waals surface area contributed by atoms with E-state index in [2.05, 4.69) is 33.8 Å². The van der Waals surface area contributed by atoms with E-state index in [1.165, 1.54) is 19.4 Å². The van der Waals surface area contributed by atoms with E-state index >= 15 is 0 Å². The van der Waals surface area contributed by atoms with Gasteiger partial charge in [-0.1, -0.05) is 13.8 Å². The Morgan fingerprint density at radius 3 is 2.44 bits per heavy atom. The summed E-state index contributed by atoms with van der Waals surface area (Å²) in [4.78, 5) is 17.8. The molecule has 2 aromatic rings. The second-order valence-electron chi connectivity index (χ2n) is 8.27. The topological polar surface area (TPSA) is 54.3 Å². The highest BCUT2D eigenvalue weighted by Crippen LogP contribution is 2.32. The molecular formula is C21H29N5O. The first kappa shape index (κ1) is 18.2. The van der Waals surface area contributed by atoms with Gasteiger partial charge in [0.2, 0.25) is 0 Å². The number of carbonyl (C=O) groups excluding carboxylic acids is 1. The molecule has 1 aliphatic carbocycles. The minimum atomic E-state index is 0.143. The van der Waals surface area contributed by atoms with Crippen LogP contribution in [-0.4, -0.2) is 62.7 Å². The van der Waals surface area contributed by atoms with Gasteiger partial charge >= 0.3 is 0 Å². The second-order valence-corrected chi connectivity index (χ2v) is 8.27. The lowest BCUT2D eigenvalue weighted by Gasteiger charge is -2.34. The molecule has 2 heterocycles. The number of nitrogens with zero attached hydrogens (tertiary/aromatic N) is 5. The van der Waals surface area contributed by atoms with Crippen LogP contribution in [0.15, 0.2) is 36.9 Å². The second kappa shape index (κ2) is 7.80. The van der Waals surface area contributed by atoms with Crippen molar-refractivity contribution in [1.29, 1.82) is 0 Å². The third-order valence-electron chi connectivity index (χ3n) is 5.83. The molecule has 1 aliphatic heterocycles. The Balaban J connectivity index is 1.47. The number of benzene rings is 1. The SMILES string of the molecule is CC(C)C1CN(C(=O)c2ccc(-n3cnnc3)cc2)CCCN1CC1CC1. The molecule has 1 aromatic heterocycles. The Bertz CT molecular complexity index is 751. The minimum absolute atomic E-state index is 0.143. The molecule has 6 heteroatoms. The quantitative estimate of drug-likeness (QED) is 0.815. The molecule has 1 atom stereocenters. The van der Waals surface area contributed by atoms with E-state index in [9.17, 15) is 4.79 Å². The fraction of sp³-hybridized carbons (Fsp3) is 0.571. The summed E-state index contributed by atoms with van der Waals surface area (Å²) in [5, 5.41) is 7.66. The van der Waals surface area contributed by atoms with Gasteiger partial charge in [-0.05, 0) is 55.4 Å². The first-order valence-corrected chi connectivity index (χ1v) is 10.1. The Kier molecular flexibility index (Phi) is 5.25. The van der Waals surface area contributed by atoms with Crippen molar-refractivity contribution >= 4 is 5.91 Å². The molecule has 2 aliphatic rings. The van der Waals surface area contributed by atoms with Crippen LogP contribution in [0.4, 0.5) is 0 Å². The fourth-order valence-corrected chi connectivity index (χ4v) is 4.03. The van der Waals surface area contributed by atoms with Gasteiger partial charge in [-0.3, -0.25) is 14.3 Å². The summed E-state index contributed by atoms with van der Waals surface area (Å²) >= 11 is 0. The number of amides is 1. The maximum atomic E-state index is 13.1. The molecule has 1 saturated carbocycles. The van der Waals surface area contributed by atoms with E-state index in [1.807, 2.05) is 28.8 Å². The van der Waals surface area contributed by atoms with E-state index in [0.717, 1.165) is 43.2 Å². The summed E-state index contributed by atoms with van der Waals surface area (Å²) in [6, 6.07) is 8.18. The molecule has 0 N–H and O–H groups in total. The van der Waals surface area contributed by atoms with Crippen molar-refractivity contribution in [3.8, 4) is 5.69 Å². The van der Waals surface area contributed by atoms with Crippen molar-refractivity contribution in [2.75, 3.05) is 26.2 Å². The highest BCUT2D eigenvalue weighted by atomic mass is 16.2. The molecule has 1 aromatic carbocycles. The maximum absolute atomic E-state index is 13.1. The Labute approximate surface area is 161 Å². The van der Waals surface area contributed by atoms with E-state index in [4.69, 9.17) is 0 Å². The summed E-state index contributed by atoms with van der Waals surface area (Å²) in [5.74, 6) is 1.58. The lowest BCUT2D eigenvalue weighted by Crippen LogP contribution is -2.46. The molecule has 1 amide bonds. The van der Waals surface area contributed by atoms with Crippen LogP contribution in [0.1, 0.15) is 43.5 Å². The normalized spacial score (nSPS) is 21.4. The van der Waals surface area contributed by atoms with Crippen LogP contribution in [0, 0.1) is 11.8 Å². The van der Waals surface area contributed by atoms with Crippen molar-refractivity contribution in [2.45, 2.75) is 39.2 Å². The van der Waals surface area contributed by atoms with Crippen LogP contribution in [0.2, 0.25) is 0 Å². The van der Waals surface area contributed by atoms with Crippen molar-refractivity contribution in [3.63, 3.8) is 0 Å². The third-order valence-corrected chi connectivity index (χ3v) is 5.83. The average molecular weight is 367 g/mol. The zero-order valence-electron chi connectivity index (χ0n) is 16.3. The zero-order valence-corrected chi connectivity index (χ0v) is 16.3. The van der Waals surface area contributed by atoms with Gasteiger partial charge < -0.3 is 4.90 Å².